The van der Waals surface area contributed by atoms with E-state index >= 15 is 0 Å². The highest BCUT2D eigenvalue weighted by atomic mass is 32.2. The Hall–Kier alpha value is 0.700. The molecule has 0 spiro atoms. The molecule has 1 fully saturated rings. The number of thioether (sulfide) groups is 2. The van der Waals surface area contributed by atoms with Crippen molar-refractivity contribution in [2.75, 3.05) is 17.3 Å². The molecule has 0 aliphatic heterocycles. The first-order valence-corrected chi connectivity index (χ1v) is 14.1. The molecule has 0 amide bonds. The average Bonchev–Trinajstić information content (AvgIpc) is 2.68. The summed E-state index contributed by atoms with van der Waals surface area (Å²) in [6, 6.07) is 0. The van der Waals surface area contributed by atoms with Gasteiger partial charge in [-0.25, -0.2) is 0 Å². The molecule has 0 bridgehead atoms. The first kappa shape index (κ1) is 24.7. The Morgan fingerprint density at radius 3 is 1.88 bits per heavy atom. The standard InChI is InChI=1S/C24H48S2/c1-5-9-11-21(7-3)19-25-18-17-23-13-15-24(16-14-23)26-20-22(8-4)12-10-6-2/h21-24H,5-20H2,1-4H3. The van der Waals surface area contributed by atoms with Crippen LogP contribution < -0.4 is 0 Å². The Balaban J connectivity index is 2.07. The minimum absolute atomic E-state index is 0.978. The molecule has 0 nitrogen and oxygen atoms in total. The van der Waals surface area contributed by atoms with Crippen molar-refractivity contribution in [3.63, 3.8) is 0 Å². The van der Waals surface area contributed by atoms with Gasteiger partial charge in [-0.3, -0.25) is 0 Å². The van der Waals surface area contributed by atoms with Crippen molar-refractivity contribution < 1.29 is 0 Å². The van der Waals surface area contributed by atoms with Crippen LogP contribution in [0.4, 0.5) is 0 Å². The summed E-state index contributed by atoms with van der Waals surface area (Å²) in [5.41, 5.74) is 0. The zero-order valence-electron chi connectivity index (χ0n) is 18.4. The minimum Gasteiger partial charge on any atom is -0.162 e. The van der Waals surface area contributed by atoms with Crippen LogP contribution >= 0.6 is 23.5 Å². The molecule has 0 saturated heterocycles. The van der Waals surface area contributed by atoms with Crippen LogP contribution in [0.25, 0.3) is 0 Å². The summed E-state index contributed by atoms with van der Waals surface area (Å²) in [5, 5.41) is 0.980. The lowest BCUT2D eigenvalue weighted by molar-refractivity contribution is 0.357. The SMILES string of the molecule is CCCCC(CC)CSCCC1CCC(SCC(CC)CCCC)CC1. The molecule has 0 heterocycles. The molecular weight excluding hydrogens is 352 g/mol. The lowest BCUT2D eigenvalue weighted by Gasteiger charge is -2.29. The number of unbranched alkanes of at least 4 members (excludes halogenated alkanes) is 2. The van der Waals surface area contributed by atoms with E-state index in [0.717, 1.165) is 23.0 Å². The van der Waals surface area contributed by atoms with Crippen LogP contribution in [-0.4, -0.2) is 22.5 Å². The van der Waals surface area contributed by atoms with Crippen LogP contribution in [0.1, 0.15) is 111 Å². The Bertz CT molecular complexity index is 297. The topological polar surface area (TPSA) is 0 Å². The van der Waals surface area contributed by atoms with Crippen LogP contribution in [0.5, 0.6) is 0 Å². The fraction of sp³-hybridized carbons (Fsp3) is 1.00. The summed E-state index contributed by atoms with van der Waals surface area (Å²) < 4.78 is 0. The Kier molecular flexibility index (Phi) is 15.8. The van der Waals surface area contributed by atoms with E-state index in [-0.39, 0.29) is 0 Å². The normalized spacial score (nSPS) is 23.1. The summed E-state index contributed by atoms with van der Waals surface area (Å²) in [5.74, 6) is 7.26. The van der Waals surface area contributed by atoms with Gasteiger partial charge in [0.05, 0.1) is 0 Å². The lowest BCUT2D eigenvalue weighted by Crippen LogP contribution is -2.18. The highest BCUT2D eigenvalue weighted by molar-refractivity contribution is 7.99. The van der Waals surface area contributed by atoms with E-state index in [0.29, 0.717) is 0 Å². The monoisotopic (exact) mass is 400 g/mol. The van der Waals surface area contributed by atoms with Crippen molar-refractivity contribution in [1.29, 1.82) is 0 Å². The van der Waals surface area contributed by atoms with Crippen molar-refractivity contribution >= 4 is 23.5 Å². The summed E-state index contributed by atoms with van der Waals surface area (Å²) >= 11 is 4.57. The number of hydrogen-bond donors (Lipinski definition) is 0. The molecule has 2 heteroatoms. The van der Waals surface area contributed by atoms with Crippen LogP contribution in [-0.2, 0) is 0 Å². The third-order valence-corrected chi connectivity index (χ3v) is 9.31. The minimum atomic E-state index is 0.978. The lowest BCUT2D eigenvalue weighted by atomic mass is 9.87. The van der Waals surface area contributed by atoms with Gasteiger partial charge in [-0.15, -0.1) is 0 Å². The molecule has 1 rings (SSSR count). The molecule has 0 aromatic heterocycles. The van der Waals surface area contributed by atoms with Gasteiger partial charge >= 0.3 is 0 Å². The van der Waals surface area contributed by atoms with Crippen molar-refractivity contribution in [3.05, 3.63) is 0 Å². The summed E-state index contributed by atoms with van der Waals surface area (Å²) in [6.07, 6.45) is 18.8. The largest absolute Gasteiger partial charge is 0.162 e. The predicted octanol–water partition coefficient (Wildman–Crippen LogP) is 8.83. The number of rotatable bonds is 16. The van der Waals surface area contributed by atoms with Gasteiger partial charge in [0.2, 0.25) is 0 Å². The first-order chi connectivity index (χ1) is 12.7. The molecule has 0 N–H and O–H groups in total. The maximum Gasteiger partial charge on any atom is 0.00473 e. The molecule has 1 aliphatic rings. The van der Waals surface area contributed by atoms with Crippen LogP contribution in [0.15, 0.2) is 0 Å². The van der Waals surface area contributed by atoms with Gasteiger partial charge in [-0.2, -0.15) is 23.5 Å². The molecule has 2 unspecified atom stereocenters. The van der Waals surface area contributed by atoms with Gasteiger partial charge in [-0.1, -0.05) is 66.2 Å². The molecule has 0 radical (unpaired) electrons. The summed E-state index contributed by atoms with van der Waals surface area (Å²) in [7, 11) is 0. The van der Waals surface area contributed by atoms with Gasteiger partial charge in [0.15, 0.2) is 0 Å². The van der Waals surface area contributed by atoms with E-state index in [1.807, 2.05) is 0 Å². The van der Waals surface area contributed by atoms with Gasteiger partial charge in [-0.05, 0) is 80.0 Å². The van der Waals surface area contributed by atoms with E-state index in [4.69, 9.17) is 0 Å². The van der Waals surface area contributed by atoms with Gasteiger partial charge in [0.1, 0.15) is 0 Å². The first-order valence-electron chi connectivity index (χ1n) is 11.9. The van der Waals surface area contributed by atoms with Crippen LogP contribution in [0.3, 0.4) is 0 Å². The Labute approximate surface area is 174 Å². The second-order valence-corrected chi connectivity index (χ2v) is 11.2. The van der Waals surface area contributed by atoms with E-state index in [2.05, 4.69) is 51.2 Å². The predicted molar refractivity (Wildman–Crippen MR) is 127 cm³/mol. The molecule has 0 aromatic carbocycles. The van der Waals surface area contributed by atoms with Crippen LogP contribution in [0, 0.1) is 17.8 Å². The average molecular weight is 401 g/mol. The van der Waals surface area contributed by atoms with Crippen LogP contribution in [0.2, 0.25) is 0 Å². The zero-order chi connectivity index (χ0) is 19.0. The van der Waals surface area contributed by atoms with Gasteiger partial charge in [0, 0.05) is 5.25 Å². The summed E-state index contributed by atoms with van der Waals surface area (Å²) in [6.45, 7) is 9.42. The van der Waals surface area contributed by atoms with Gasteiger partial charge < -0.3 is 0 Å². The van der Waals surface area contributed by atoms with Crippen molar-refractivity contribution in [1.82, 2.24) is 0 Å². The van der Waals surface area contributed by atoms with E-state index in [1.165, 1.54) is 101 Å². The highest BCUT2D eigenvalue weighted by Crippen LogP contribution is 2.35. The third-order valence-electron chi connectivity index (χ3n) is 6.47. The molecule has 1 saturated carbocycles. The smallest absolute Gasteiger partial charge is 0.00473 e. The molecule has 2 atom stereocenters. The third kappa shape index (κ3) is 11.5. The van der Waals surface area contributed by atoms with Crippen molar-refractivity contribution in [3.8, 4) is 0 Å². The van der Waals surface area contributed by atoms with E-state index in [9.17, 15) is 0 Å². The van der Waals surface area contributed by atoms with Gasteiger partial charge in [0.25, 0.3) is 0 Å². The molecular formula is C24H48S2. The Morgan fingerprint density at radius 1 is 0.769 bits per heavy atom. The fourth-order valence-electron chi connectivity index (χ4n) is 4.16. The molecule has 26 heavy (non-hydrogen) atoms. The fourth-order valence-corrected chi connectivity index (χ4v) is 7.11. The van der Waals surface area contributed by atoms with E-state index in [1.54, 1.807) is 0 Å². The van der Waals surface area contributed by atoms with Crippen molar-refractivity contribution in [2.24, 2.45) is 17.8 Å². The maximum atomic E-state index is 2.39. The quantitative estimate of drug-likeness (QED) is 0.237. The zero-order valence-corrected chi connectivity index (χ0v) is 20.1. The number of hydrogen-bond acceptors (Lipinski definition) is 2. The maximum absolute atomic E-state index is 2.39. The highest BCUT2D eigenvalue weighted by Gasteiger charge is 2.22. The van der Waals surface area contributed by atoms with Crippen molar-refractivity contribution in [2.45, 2.75) is 116 Å². The second kappa shape index (κ2) is 16.6. The molecule has 0 aromatic rings. The Morgan fingerprint density at radius 2 is 1.35 bits per heavy atom. The van der Waals surface area contributed by atoms with E-state index < -0.39 is 0 Å². The molecule has 1 aliphatic carbocycles. The molecule has 156 valence electrons. The summed E-state index contributed by atoms with van der Waals surface area (Å²) in [4.78, 5) is 0. The second-order valence-electron chi connectivity index (χ2n) is 8.67.